The van der Waals surface area contributed by atoms with Crippen molar-refractivity contribution in [1.29, 1.82) is 0 Å². The first-order chi connectivity index (χ1) is 9.56. The van der Waals surface area contributed by atoms with Crippen molar-refractivity contribution < 1.29 is 9.53 Å². The average molecular weight is 296 g/mol. The minimum Gasteiger partial charge on any atom is -0.484 e. The van der Waals surface area contributed by atoms with Crippen molar-refractivity contribution >= 4 is 17.5 Å². The minimum absolute atomic E-state index is 0.0501. The van der Waals surface area contributed by atoms with Crippen molar-refractivity contribution in [3.8, 4) is 5.75 Å². The fourth-order valence-electron chi connectivity index (χ4n) is 2.71. The van der Waals surface area contributed by atoms with Gasteiger partial charge in [0.05, 0.1) is 0 Å². The summed E-state index contributed by atoms with van der Waals surface area (Å²) in [6.07, 6.45) is 3.52. The van der Waals surface area contributed by atoms with Crippen LogP contribution in [0.1, 0.15) is 33.1 Å². The van der Waals surface area contributed by atoms with Crippen LogP contribution in [-0.4, -0.2) is 18.6 Å². The summed E-state index contributed by atoms with van der Waals surface area (Å²) in [5.74, 6) is 1.81. The summed E-state index contributed by atoms with van der Waals surface area (Å²) in [4.78, 5) is 11.9. The van der Waals surface area contributed by atoms with Crippen LogP contribution >= 0.6 is 11.6 Å². The van der Waals surface area contributed by atoms with Crippen molar-refractivity contribution in [2.45, 2.75) is 39.2 Å². The van der Waals surface area contributed by atoms with Gasteiger partial charge in [-0.3, -0.25) is 4.79 Å². The summed E-state index contributed by atoms with van der Waals surface area (Å²) >= 11 is 5.80. The van der Waals surface area contributed by atoms with E-state index in [1.807, 2.05) is 0 Å². The van der Waals surface area contributed by atoms with Gasteiger partial charge in [-0.25, -0.2) is 0 Å². The van der Waals surface area contributed by atoms with Gasteiger partial charge < -0.3 is 10.1 Å². The number of hydrogen-bond acceptors (Lipinski definition) is 2. The molecule has 0 bridgehead atoms. The predicted molar refractivity (Wildman–Crippen MR) is 81.1 cm³/mol. The molecule has 1 saturated carbocycles. The lowest BCUT2D eigenvalue weighted by molar-refractivity contribution is -0.124. The first-order valence-electron chi connectivity index (χ1n) is 7.24. The molecular weight excluding hydrogens is 274 g/mol. The van der Waals surface area contributed by atoms with Crippen molar-refractivity contribution in [2.24, 2.45) is 11.8 Å². The Morgan fingerprint density at radius 1 is 1.30 bits per heavy atom. The predicted octanol–water partition coefficient (Wildman–Crippen LogP) is 3.66. The molecule has 0 saturated heterocycles. The van der Waals surface area contributed by atoms with E-state index < -0.39 is 0 Å². The van der Waals surface area contributed by atoms with E-state index in [2.05, 4.69) is 19.2 Å². The highest BCUT2D eigenvalue weighted by Gasteiger charge is 2.28. The molecule has 2 rings (SSSR count). The third-order valence-electron chi connectivity index (χ3n) is 4.24. The molecule has 0 spiro atoms. The van der Waals surface area contributed by atoms with Crippen LogP contribution in [0.5, 0.6) is 5.75 Å². The molecule has 1 aliphatic rings. The molecule has 0 radical (unpaired) electrons. The van der Waals surface area contributed by atoms with Gasteiger partial charge in [-0.05, 0) is 42.5 Å². The zero-order chi connectivity index (χ0) is 14.5. The van der Waals surface area contributed by atoms with Crippen LogP contribution in [0.4, 0.5) is 0 Å². The van der Waals surface area contributed by atoms with E-state index in [0.717, 1.165) is 6.42 Å². The topological polar surface area (TPSA) is 38.3 Å². The normalized spacial score (nSPS) is 26.1. The van der Waals surface area contributed by atoms with Crippen molar-refractivity contribution in [1.82, 2.24) is 5.32 Å². The SMILES string of the molecule is CC1CCCC(NC(=O)COc2ccc(Cl)cc2)C1C. The maximum Gasteiger partial charge on any atom is 0.258 e. The lowest BCUT2D eigenvalue weighted by Crippen LogP contribution is -2.45. The summed E-state index contributed by atoms with van der Waals surface area (Å²) in [7, 11) is 0. The molecular formula is C16H22ClNO2. The molecule has 0 aliphatic heterocycles. The van der Waals surface area contributed by atoms with Gasteiger partial charge in [-0.2, -0.15) is 0 Å². The number of carbonyl (C=O) groups excluding carboxylic acids is 1. The number of carbonyl (C=O) groups is 1. The number of ether oxygens (including phenoxy) is 1. The molecule has 1 fully saturated rings. The number of amides is 1. The number of nitrogens with one attached hydrogen (secondary N) is 1. The van der Waals surface area contributed by atoms with Crippen molar-refractivity contribution in [2.75, 3.05) is 6.61 Å². The highest BCUT2D eigenvalue weighted by molar-refractivity contribution is 6.30. The molecule has 3 atom stereocenters. The fraction of sp³-hybridized carbons (Fsp3) is 0.562. The molecule has 20 heavy (non-hydrogen) atoms. The van der Waals surface area contributed by atoms with Gasteiger partial charge in [0, 0.05) is 11.1 Å². The van der Waals surface area contributed by atoms with E-state index in [1.54, 1.807) is 24.3 Å². The highest BCUT2D eigenvalue weighted by Crippen LogP contribution is 2.29. The number of hydrogen-bond donors (Lipinski definition) is 1. The molecule has 1 amide bonds. The van der Waals surface area contributed by atoms with Crippen LogP contribution in [0, 0.1) is 11.8 Å². The van der Waals surface area contributed by atoms with Gasteiger partial charge in [0.25, 0.3) is 5.91 Å². The first-order valence-corrected chi connectivity index (χ1v) is 7.62. The van der Waals surface area contributed by atoms with Crippen LogP contribution in [0.3, 0.4) is 0 Å². The van der Waals surface area contributed by atoms with Crippen LogP contribution < -0.4 is 10.1 Å². The molecule has 0 aromatic heterocycles. The molecule has 1 aromatic rings. The molecule has 1 aromatic carbocycles. The Kier molecular flexibility index (Phi) is 5.30. The molecule has 0 heterocycles. The maximum absolute atomic E-state index is 11.9. The summed E-state index contributed by atoms with van der Waals surface area (Å²) in [5.41, 5.74) is 0. The molecule has 1 N–H and O–H groups in total. The van der Waals surface area contributed by atoms with Crippen LogP contribution in [0.25, 0.3) is 0 Å². The van der Waals surface area contributed by atoms with E-state index in [0.29, 0.717) is 22.6 Å². The molecule has 3 unspecified atom stereocenters. The van der Waals surface area contributed by atoms with Gasteiger partial charge >= 0.3 is 0 Å². The number of benzene rings is 1. The smallest absolute Gasteiger partial charge is 0.258 e. The van der Waals surface area contributed by atoms with Crippen LogP contribution in [0.2, 0.25) is 5.02 Å². The summed E-state index contributed by atoms with van der Waals surface area (Å²) in [6, 6.07) is 7.31. The Labute approximate surface area is 125 Å². The maximum atomic E-state index is 11.9. The van der Waals surface area contributed by atoms with Gasteiger partial charge in [-0.1, -0.05) is 38.3 Å². The van der Waals surface area contributed by atoms with Crippen LogP contribution in [0.15, 0.2) is 24.3 Å². The Bertz CT molecular complexity index is 446. The fourth-order valence-corrected chi connectivity index (χ4v) is 2.84. The van der Waals surface area contributed by atoms with Gasteiger partial charge in [-0.15, -0.1) is 0 Å². The quantitative estimate of drug-likeness (QED) is 0.920. The molecule has 1 aliphatic carbocycles. The monoisotopic (exact) mass is 295 g/mol. The zero-order valence-corrected chi connectivity index (χ0v) is 12.8. The lowest BCUT2D eigenvalue weighted by atomic mass is 9.78. The Morgan fingerprint density at radius 3 is 2.70 bits per heavy atom. The van der Waals surface area contributed by atoms with Crippen molar-refractivity contribution in [3.05, 3.63) is 29.3 Å². The first kappa shape index (κ1) is 15.2. The average Bonchev–Trinajstić information content (AvgIpc) is 2.43. The van der Waals surface area contributed by atoms with Crippen molar-refractivity contribution in [3.63, 3.8) is 0 Å². The lowest BCUT2D eigenvalue weighted by Gasteiger charge is -2.34. The van der Waals surface area contributed by atoms with E-state index in [4.69, 9.17) is 16.3 Å². The van der Waals surface area contributed by atoms with Gasteiger partial charge in [0.1, 0.15) is 5.75 Å². The second-order valence-corrected chi connectivity index (χ2v) is 6.12. The Morgan fingerprint density at radius 2 is 2.00 bits per heavy atom. The van der Waals surface area contributed by atoms with E-state index in [9.17, 15) is 4.79 Å². The standard InChI is InChI=1S/C16H22ClNO2/c1-11-4-3-5-15(12(11)2)18-16(19)10-20-14-8-6-13(17)7-9-14/h6-9,11-12,15H,3-5,10H2,1-2H3,(H,18,19). The highest BCUT2D eigenvalue weighted by atomic mass is 35.5. The summed E-state index contributed by atoms with van der Waals surface area (Å²) in [6.45, 7) is 4.53. The largest absolute Gasteiger partial charge is 0.484 e. The Hall–Kier alpha value is -1.22. The molecule has 110 valence electrons. The second kappa shape index (κ2) is 6.98. The van der Waals surface area contributed by atoms with Gasteiger partial charge in [0.2, 0.25) is 0 Å². The Balaban J connectivity index is 1.79. The number of halogens is 1. The zero-order valence-electron chi connectivity index (χ0n) is 12.1. The van der Waals surface area contributed by atoms with E-state index in [-0.39, 0.29) is 18.6 Å². The summed E-state index contributed by atoms with van der Waals surface area (Å²) in [5, 5.41) is 3.75. The third-order valence-corrected chi connectivity index (χ3v) is 4.49. The molecule has 3 nitrogen and oxygen atoms in total. The summed E-state index contributed by atoms with van der Waals surface area (Å²) < 4.78 is 5.46. The van der Waals surface area contributed by atoms with Gasteiger partial charge in [0.15, 0.2) is 6.61 Å². The second-order valence-electron chi connectivity index (χ2n) is 5.68. The van der Waals surface area contributed by atoms with Crippen LogP contribution in [-0.2, 0) is 4.79 Å². The number of rotatable bonds is 4. The minimum atomic E-state index is -0.0501. The third kappa shape index (κ3) is 4.14. The molecule has 4 heteroatoms. The van der Waals surface area contributed by atoms with E-state index >= 15 is 0 Å². The van der Waals surface area contributed by atoms with E-state index in [1.165, 1.54) is 12.8 Å².